The SMILES string of the molecule is C[C@H]1CC[C@H](c2cncc(Cl)c2)N(C(=O)C(=O)Nc2cnc(N)c3cn[nH]c23)C1. The monoisotopic (exact) mass is 413 g/mol. The molecule has 29 heavy (non-hydrogen) atoms. The Bertz CT molecular complexity index is 1080. The van der Waals surface area contributed by atoms with Crippen LogP contribution in [-0.2, 0) is 9.59 Å². The fourth-order valence-electron chi connectivity index (χ4n) is 3.69. The van der Waals surface area contributed by atoms with E-state index >= 15 is 0 Å². The third-order valence-electron chi connectivity index (χ3n) is 5.15. The summed E-state index contributed by atoms with van der Waals surface area (Å²) >= 11 is 6.08. The normalized spacial score (nSPS) is 19.3. The van der Waals surface area contributed by atoms with E-state index in [9.17, 15) is 9.59 Å². The maximum absolute atomic E-state index is 13.0. The van der Waals surface area contributed by atoms with Gasteiger partial charge in [0.2, 0.25) is 0 Å². The van der Waals surface area contributed by atoms with E-state index in [1.54, 1.807) is 23.4 Å². The van der Waals surface area contributed by atoms with Crippen molar-refractivity contribution in [1.29, 1.82) is 0 Å². The smallest absolute Gasteiger partial charge is 0.314 e. The zero-order valence-electron chi connectivity index (χ0n) is 15.7. The van der Waals surface area contributed by atoms with Crippen LogP contribution in [0.25, 0.3) is 10.9 Å². The first-order valence-electron chi connectivity index (χ1n) is 9.24. The van der Waals surface area contributed by atoms with Crippen LogP contribution >= 0.6 is 11.6 Å². The lowest BCUT2D eigenvalue weighted by molar-refractivity contribution is -0.146. The van der Waals surface area contributed by atoms with Crippen LogP contribution in [0.5, 0.6) is 0 Å². The van der Waals surface area contributed by atoms with Crippen LogP contribution in [0.1, 0.15) is 31.4 Å². The number of anilines is 2. The molecule has 0 bridgehead atoms. The average molecular weight is 414 g/mol. The summed E-state index contributed by atoms with van der Waals surface area (Å²) in [6, 6.07) is 1.53. The molecule has 0 spiro atoms. The Morgan fingerprint density at radius 1 is 1.28 bits per heavy atom. The van der Waals surface area contributed by atoms with Crippen LogP contribution in [0.15, 0.2) is 30.9 Å². The Balaban J connectivity index is 1.59. The van der Waals surface area contributed by atoms with Crippen LogP contribution in [0.3, 0.4) is 0 Å². The van der Waals surface area contributed by atoms with E-state index in [2.05, 4.69) is 32.4 Å². The first-order valence-corrected chi connectivity index (χ1v) is 9.61. The van der Waals surface area contributed by atoms with Gasteiger partial charge in [0, 0.05) is 18.9 Å². The molecule has 1 fully saturated rings. The number of nitrogens with one attached hydrogen (secondary N) is 2. The van der Waals surface area contributed by atoms with Crippen molar-refractivity contribution in [3.63, 3.8) is 0 Å². The van der Waals surface area contributed by atoms with Crippen LogP contribution in [0, 0.1) is 5.92 Å². The van der Waals surface area contributed by atoms with E-state index in [0.29, 0.717) is 28.2 Å². The third kappa shape index (κ3) is 3.73. The number of carbonyl (C=O) groups excluding carboxylic acids is 2. The fourth-order valence-corrected chi connectivity index (χ4v) is 3.87. The molecule has 0 unspecified atom stereocenters. The average Bonchev–Trinajstić information content (AvgIpc) is 3.20. The number of pyridine rings is 2. The highest BCUT2D eigenvalue weighted by molar-refractivity contribution is 6.40. The lowest BCUT2D eigenvalue weighted by atomic mass is 9.90. The molecule has 150 valence electrons. The van der Waals surface area contributed by atoms with Gasteiger partial charge in [-0.3, -0.25) is 19.7 Å². The second kappa shape index (κ2) is 7.67. The molecule has 1 aliphatic rings. The van der Waals surface area contributed by atoms with Crippen LogP contribution in [0.4, 0.5) is 11.5 Å². The van der Waals surface area contributed by atoms with E-state index in [-0.39, 0.29) is 17.8 Å². The number of fused-ring (bicyclic) bond motifs is 1. The van der Waals surface area contributed by atoms with Crippen molar-refractivity contribution >= 4 is 45.8 Å². The second-order valence-corrected chi connectivity index (χ2v) is 7.70. The maximum Gasteiger partial charge on any atom is 0.314 e. The molecule has 4 heterocycles. The Labute approximate surface area is 171 Å². The van der Waals surface area contributed by atoms with Crippen molar-refractivity contribution in [2.45, 2.75) is 25.8 Å². The van der Waals surface area contributed by atoms with Gasteiger partial charge < -0.3 is 16.0 Å². The molecule has 0 radical (unpaired) electrons. The molecular weight excluding hydrogens is 394 g/mol. The number of nitrogens with zero attached hydrogens (tertiary/aromatic N) is 4. The van der Waals surface area contributed by atoms with Gasteiger partial charge in [-0.1, -0.05) is 18.5 Å². The van der Waals surface area contributed by atoms with Gasteiger partial charge in [0.05, 0.1) is 40.0 Å². The summed E-state index contributed by atoms with van der Waals surface area (Å²) in [5, 5.41) is 10.4. The number of H-pyrrole nitrogens is 1. The summed E-state index contributed by atoms with van der Waals surface area (Å²) in [7, 11) is 0. The Hall–Kier alpha value is -3.20. The molecule has 1 aliphatic heterocycles. The van der Waals surface area contributed by atoms with Crippen molar-refractivity contribution in [1.82, 2.24) is 25.1 Å². The lowest BCUT2D eigenvalue weighted by Crippen LogP contribution is -2.46. The molecule has 1 saturated heterocycles. The molecule has 2 atom stereocenters. The molecule has 3 aromatic heterocycles. The second-order valence-electron chi connectivity index (χ2n) is 7.26. The number of likely N-dealkylation sites (tertiary alicyclic amines) is 1. The van der Waals surface area contributed by atoms with Crippen LogP contribution in [0.2, 0.25) is 5.02 Å². The number of carbonyl (C=O) groups is 2. The highest BCUT2D eigenvalue weighted by atomic mass is 35.5. The van der Waals surface area contributed by atoms with Crippen LogP contribution < -0.4 is 11.1 Å². The summed E-state index contributed by atoms with van der Waals surface area (Å²) < 4.78 is 0. The summed E-state index contributed by atoms with van der Waals surface area (Å²) in [4.78, 5) is 35.6. The van der Waals surface area contributed by atoms with Crippen molar-refractivity contribution in [2.24, 2.45) is 5.92 Å². The van der Waals surface area contributed by atoms with E-state index in [1.807, 2.05) is 0 Å². The minimum absolute atomic E-state index is 0.257. The number of rotatable bonds is 2. The number of nitrogen functional groups attached to an aromatic ring is 1. The molecule has 4 rings (SSSR count). The fraction of sp³-hybridized carbons (Fsp3) is 0.316. The predicted octanol–water partition coefficient (Wildman–Crippen LogP) is 2.53. The topological polar surface area (TPSA) is 130 Å². The van der Waals surface area contributed by atoms with Gasteiger partial charge in [0.1, 0.15) is 5.82 Å². The number of piperidine rings is 1. The molecule has 4 N–H and O–H groups in total. The number of aromatic amines is 1. The van der Waals surface area contributed by atoms with Gasteiger partial charge in [0.15, 0.2) is 0 Å². The van der Waals surface area contributed by atoms with Crippen molar-refractivity contribution in [3.05, 3.63) is 41.4 Å². The van der Waals surface area contributed by atoms with E-state index < -0.39 is 11.8 Å². The zero-order chi connectivity index (χ0) is 20.5. The van der Waals surface area contributed by atoms with Crippen molar-refractivity contribution in [2.75, 3.05) is 17.6 Å². The Morgan fingerprint density at radius 2 is 2.10 bits per heavy atom. The van der Waals surface area contributed by atoms with Gasteiger partial charge in [0.25, 0.3) is 0 Å². The lowest BCUT2D eigenvalue weighted by Gasteiger charge is -2.38. The predicted molar refractivity (Wildman–Crippen MR) is 109 cm³/mol. The van der Waals surface area contributed by atoms with Crippen molar-refractivity contribution < 1.29 is 9.59 Å². The molecule has 9 nitrogen and oxygen atoms in total. The quantitative estimate of drug-likeness (QED) is 0.553. The minimum Gasteiger partial charge on any atom is -0.383 e. The number of aromatic nitrogens is 4. The van der Waals surface area contributed by atoms with Gasteiger partial charge in [-0.2, -0.15) is 5.10 Å². The third-order valence-corrected chi connectivity index (χ3v) is 5.36. The van der Waals surface area contributed by atoms with Gasteiger partial charge >= 0.3 is 11.8 Å². The number of nitrogens with two attached hydrogens (primary N) is 1. The Kier molecular flexibility index (Phi) is 5.06. The first kappa shape index (κ1) is 19.1. The van der Waals surface area contributed by atoms with Crippen molar-refractivity contribution in [3.8, 4) is 0 Å². The standard InChI is InChI=1S/C19H20ClN7O2/c1-10-2-3-15(11-4-12(20)6-22-5-11)27(9-10)19(29)18(28)25-14-8-23-17(21)13-7-24-26-16(13)14/h4-8,10,15H,2-3,9H2,1H3,(H2,21,23)(H,24,26)(H,25,28)/t10-,15+/m0/s1. The number of hydrogen-bond acceptors (Lipinski definition) is 6. The molecular formula is C19H20ClN7O2. The van der Waals surface area contributed by atoms with E-state index in [0.717, 1.165) is 18.4 Å². The maximum atomic E-state index is 13.0. The van der Waals surface area contributed by atoms with Gasteiger partial charge in [-0.05, 0) is 30.4 Å². The summed E-state index contributed by atoms with van der Waals surface area (Å²) in [6.45, 7) is 2.53. The molecule has 0 aromatic carbocycles. The molecule has 2 amide bonds. The number of amides is 2. The Morgan fingerprint density at radius 3 is 2.90 bits per heavy atom. The molecule has 3 aromatic rings. The van der Waals surface area contributed by atoms with E-state index in [4.69, 9.17) is 17.3 Å². The van der Waals surface area contributed by atoms with Gasteiger partial charge in [-0.25, -0.2) is 4.98 Å². The number of hydrogen-bond donors (Lipinski definition) is 3. The van der Waals surface area contributed by atoms with E-state index in [1.165, 1.54) is 12.4 Å². The summed E-state index contributed by atoms with van der Waals surface area (Å²) in [5.74, 6) is -0.795. The molecule has 10 heteroatoms. The molecule has 0 aliphatic carbocycles. The first-order chi connectivity index (χ1) is 13.9. The minimum atomic E-state index is -0.749. The van der Waals surface area contributed by atoms with Gasteiger partial charge in [-0.15, -0.1) is 0 Å². The highest BCUT2D eigenvalue weighted by Gasteiger charge is 2.34. The molecule has 0 saturated carbocycles. The largest absolute Gasteiger partial charge is 0.383 e. The highest BCUT2D eigenvalue weighted by Crippen LogP contribution is 2.34. The summed E-state index contributed by atoms with van der Waals surface area (Å²) in [6.07, 6.45) is 7.82. The zero-order valence-corrected chi connectivity index (χ0v) is 16.5. The van der Waals surface area contributed by atoms with Crippen LogP contribution in [-0.4, -0.2) is 43.4 Å². The number of halogens is 1. The summed E-state index contributed by atoms with van der Waals surface area (Å²) in [5.41, 5.74) is 7.49.